The number of hydrogen-bond acceptors (Lipinski definition) is 5. The first-order valence-corrected chi connectivity index (χ1v) is 8.09. The third kappa shape index (κ3) is 7.16. The van der Waals surface area contributed by atoms with Gasteiger partial charge in [-0.1, -0.05) is 28.5 Å². The molecule has 0 fully saturated rings. The quantitative estimate of drug-likeness (QED) is 0.359. The highest BCUT2D eigenvalue weighted by atomic mass is 79.9. The van der Waals surface area contributed by atoms with E-state index in [0.29, 0.717) is 18.2 Å². The number of benzene rings is 2. The number of halogens is 3. The van der Waals surface area contributed by atoms with Crippen LogP contribution in [-0.4, -0.2) is 25.9 Å². The zero-order chi connectivity index (χ0) is 18.2. The van der Waals surface area contributed by atoms with Crippen LogP contribution in [0.2, 0.25) is 0 Å². The molecule has 0 aromatic heterocycles. The van der Waals surface area contributed by atoms with E-state index in [-0.39, 0.29) is 30.6 Å². The van der Waals surface area contributed by atoms with Crippen molar-refractivity contribution in [1.82, 2.24) is 0 Å². The van der Waals surface area contributed by atoms with Crippen LogP contribution >= 0.6 is 40.7 Å². The summed E-state index contributed by atoms with van der Waals surface area (Å²) in [7, 11) is 2.89. The van der Waals surface area contributed by atoms with E-state index in [1.165, 1.54) is 14.2 Å². The van der Waals surface area contributed by atoms with Gasteiger partial charge in [-0.25, -0.2) is 0 Å². The second-order valence-corrected chi connectivity index (χ2v) is 5.81. The van der Waals surface area contributed by atoms with Gasteiger partial charge in [0.2, 0.25) is 0 Å². The van der Waals surface area contributed by atoms with Gasteiger partial charge in [0, 0.05) is 11.1 Å². The summed E-state index contributed by atoms with van der Waals surface area (Å²) in [5.74, 6) is 1.27. The number of oxime groups is 2. The molecule has 0 aliphatic carbocycles. The van der Waals surface area contributed by atoms with Crippen LogP contribution in [0.15, 0.2) is 57.2 Å². The number of amidine groups is 2. The first-order valence-electron chi connectivity index (χ1n) is 7.30. The molecular weight excluding hydrogens is 459 g/mol. The molecule has 0 bridgehead atoms. The van der Waals surface area contributed by atoms with Crippen molar-refractivity contribution in [3.05, 3.63) is 63.6 Å². The highest BCUT2D eigenvalue weighted by Gasteiger charge is 2.07. The molecule has 0 saturated heterocycles. The molecule has 0 aliphatic heterocycles. The Hall–Kier alpha value is -2.16. The summed E-state index contributed by atoms with van der Waals surface area (Å²) in [5.41, 5.74) is 14.0. The van der Waals surface area contributed by atoms with Gasteiger partial charge in [0.15, 0.2) is 11.7 Å². The van der Waals surface area contributed by atoms with E-state index in [2.05, 4.69) is 35.9 Å². The Morgan fingerprint density at radius 3 is 2.07 bits per heavy atom. The van der Waals surface area contributed by atoms with Crippen LogP contribution in [0.4, 0.5) is 0 Å². The number of ether oxygens (including phenoxy) is 1. The molecule has 4 N–H and O–H groups in total. The van der Waals surface area contributed by atoms with Gasteiger partial charge < -0.3 is 25.9 Å². The van der Waals surface area contributed by atoms with Crippen molar-refractivity contribution in [2.75, 3.05) is 14.2 Å². The molecule has 0 unspecified atom stereocenters. The predicted molar refractivity (Wildman–Crippen MR) is 115 cm³/mol. The van der Waals surface area contributed by atoms with Crippen LogP contribution in [0.3, 0.4) is 0 Å². The maximum absolute atomic E-state index is 5.84. The first-order chi connectivity index (χ1) is 12.0. The van der Waals surface area contributed by atoms with Crippen molar-refractivity contribution in [2.24, 2.45) is 21.8 Å². The summed E-state index contributed by atoms with van der Waals surface area (Å²) in [6, 6.07) is 13.0. The molecule has 27 heavy (non-hydrogen) atoms. The standard InChI is InChI=1S/C17H19BrN4O3.2ClH/c1-23-21-16(19)12-5-3-4-11(8-12)10-25-15-7-6-13(9-14(15)18)17(20)22-24-2;;/h3-9H,10H2,1-2H3,(H2,19,21)(H2,20,22);2*1H. The Bertz CT molecular complexity index is 803. The summed E-state index contributed by atoms with van der Waals surface area (Å²) < 4.78 is 6.60. The van der Waals surface area contributed by atoms with E-state index in [1.54, 1.807) is 6.07 Å². The summed E-state index contributed by atoms with van der Waals surface area (Å²) in [4.78, 5) is 9.36. The zero-order valence-electron chi connectivity index (χ0n) is 14.7. The van der Waals surface area contributed by atoms with Crippen molar-refractivity contribution in [3.8, 4) is 5.75 Å². The Labute approximate surface area is 178 Å². The molecule has 2 aromatic carbocycles. The lowest BCUT2D eigenvalue weighted by atomic mass is 10.1. The van der Waals surface area contributed by atoms with Crippen molar-refractivity contribution in [3.63, 3.8) is 0 Å². The Morgan fingerprint density at radius 1 is 0.926 bits per heavy atom. The van der Waals surface area contributed by atoms with Crippen LogP contribution in [0, 0.1) is 0 Å². The second-order valence-electron chi connectivity index (χ2n) is 4.95. The topological polar surface area (TPSA) is 104 Å². The van der Waals surface area contributed by atoms with Crippen molar-refractivity contribution >= 4 is 52.4 Å². The summed E-state index contributed by atoms with van der Waals surface area (Å²) in [5, 5.41) is 7.42. The van der Waals surface area contributed by atoms with Crippen molar-refractivity contribution in [1.29, 1.82) is 0 Å². The highest BCUT2D eigenvalue weighted by molar-refractivity contribution is 9.10. The fourth-order valence-electron chi connectivity index (χ4n) is 2.06. The van der Waals surface area contributed by atoms with Crippen LogP contribution < -0.4 is 16.2 Å². The minimum absolute atomic E-state index is 0. The monoisotopic (exact) mass is 478 g/mol. The molecule has 2 aromatic rings. The van der Waals surface area contributed by atoms with E-state index < -0.39 is 0 Å². The maximum Gasteiger partial charge on any atom is 0.170 e. The third-order valence-corrected chi connectivity index (χ3v) is 3.84. The Balaban J connectivity index is 0.00000338. The van der Waals surface area contributed by atoms with Gasteiger partial charge in [0.05, 0.1) is 4.47 Å². The van der Waals surface area contributed by atoms with Crippen molar-refractivity contribution in [2.45, 2.75) is 6.61 Å². The molecule has 0 atom stereocenters. The molecule has 0 radical (unpaired) electrons. The zero-order valence-corrected chi connectivity index (χ0v) is 17.9. The number of rotatable bonds is 7. The average molecular weight is 480 g/mol. The number of hydrogen-bond donors (Lipinski definition) is 2. The van der Waals surface area contributed by atoms with Crippen molar-refractivity contribution < 1.29 is 14.4 Å². The fraction of sp³-hybridized carbons (Fsp3) is 0.176. The van der Waals surface area contributed by atoms with Gasteiger partial charge in [0.25, 0.3) is 0 Å². The summed E-state index contributed by atoms with van der Waals surface area (Å²) >= 11 is 3.47. The van der Waals surface area contributed by atoms with Crippen LogP contribution in [0.5, 0.6) is 5.75 Å². The van der Waals surface area contributed by atoms with Crippen LogP contribution in [-0.2, 0) is 16.3 Å². The van der Waals surface area contributed by atoms with E-state index in [1.807, 2.05) is 36.4 Å². The normalized spacial score (nSPS) is 11.1. The molecule has 2 rings (SSSR count). The minimum atomic E-state index is 0. The number of nitrogens with zero attached hydrogens (tertiary/aromatic N) is 2. The lowest BCUT2D eigenvalue weighted by molar-refractivity contribution is 0.213. The van der Waals surface area contributed by atoms with Gasteiger partial charge in [-0.2, -0.15) is 0 Å². The molecule has 0 spiro atoms. The van der Waals surface area contributed by atoms with E-state index >= 15 is 0 Å². The van der Waals surface area contributed by atoms with E-state index in [9.17, 15) is 0 Å². The lowest BCUT2D eigenvalue weighted by Gasteiger charge is -2.10. The van der Waals surface area contributed by atoms with Crippen LogP contribution in [0.25, 0.3) is 0 Å². The smallest absolute Gasteiger partial charge is 0.170 e. The molecule has 148 valence electrons. The lowest BCUT2D eigenvalue weighted by Crippen LogP contribution is -2.14. The minimum Gasteiger partial charge on any atom is -0.488 e. The Kier molecular flexibility index (Phi) is 11.3. The summed E-state index contributed by atoms with van der Waals surface area (Å²) in [6.45, 7) is 0.369. The van der Waals surface area contributed by atoms with Gasteiger partial charge >= 0.3 is 0 Å². The van der Waals surface area contributed by atoms with Gasteiger partial charge in [-0.15, -0.1) is 24.8 Å². The molecule has 0 aliphatic rings. The van der Waals surface area contributed by atoms with E-state index in [0.717, 1.165) is 21.2 Å². The molecule has 0 amide bonds. The molecule has 7 nitrogen and oxygen atoms in total. The SMILES string of the molecule is CO/N=C(\N)c1cccc(COc2ccc(/C(N)=N/OC)cc2Br)c1.Cl.Cl. The van der Waals surface area contributed by atoms with Gasteiger partial charge in [0.1, 0.15) is 26.6 Å². The largest absolute Gasteiger partial charge is 0.488 e. The molecular formula is C17H21BrCl2N4O3. The van der Waals surface area contributed by atoms with E-state index in [4.69, 9.17) is 16.2 Å². The first kappa shape index (κ1) is 24.8. The molecule has 0 heterocycles. The van der Waals surface area contributed by atoms with Gasteiger partial charge in [-0.05, 0) is 45.8 Å². The molecule has 0 saturated carbocycles. The third-order valence-electron chi connectivity index (χ3n) is 3.22. The molecule has 10 heteroatoms. The second kappa shape index (κ2) is 12.3. The summed E-state index contributed by atoms with van der Waals surface area (Å²) in [6.07, 6.45) is 0. The average Bonchev–Trinajstić information content (AvgIpc) is 2.61. The fourth-order valence-corrected chi connectivity index (χ4v) is 2.55. The van der Waals surface area contributed by atoms with Gasteiger partial charge in [-0.3, -0.25) is 0 Å². The van der Waals surface area contributed by atoms with Crippen LogP contribution in [0.1, 0.15) is 16.7 Å². The highest BCUT2D eigenvalue weighted by Crippen LogP contribution is 2.27. The predicted octanol–water partition coefficient (Wildman–Crippen LogP) is 3.41. The number of nitrogens with two attached hydrogens (primary N) is 2. The maximum atomic E-state index is 5.84. The Morgan fingerprint density at radius 2 is 1.52 bits per heavy atom.